The number of hydrogen-bond acceptors (Lipinski definition) is 16. The second-order valence-electron chi connectivity index (χ2n) is 18.2. The number of amides is 4. The molecule has 0 saturated heterocycles. The van der Waals surface area contributed by atoms with E-state index in [1.54, 1.807) is 12.4 Å². The van der Waals surface area contributed by atoms with Crippen LogP contribution in [0.3, 0.4) is 0 Å². The summed E-state index contributed by atoms with van der Waals surface area (Å²) >= 11 is 0. The Morgan fingerprint density at radius 3 is 1.22 bits per heavy atom. The largest absolute Gasteiger partial charge is 2.00 e. The molecule has 2 aliphatic rings. The molecule has 0 fully saturated rings. The van der Waals surface area contributed by atoms with E-state index in [2.05, 4.69) is 168 Å². The number of nitrogens with zero attached hydrogens (tertiary/aromatic N) is 4. The average Bonchev–Trinajstić information content (AvgIpc) is 1.77. The predicted octanol–water partition coefficient (Wildman–Crippen LogP) is 12.1. The van der Waals surface area contributed by atoms with Crippen LogP contribution in [0.5, 0.6) is 0 Å². The minimum absolute atomic E-state index is 0. The average molecular weight is 1480 g/mol. The Bertz CT molecular complexity index is 3950. The molecule has 6 aromatic carbocycles. The van der Waals surface area contributed by atoms with E-state index in [4.69, 9.17) is 22.9 Å². The second-order valence-corrected chi connectivity index (χ2v) is 22.0. The fourth-order valence-corrected chi connectivity index (χ4v) is 11.0. The van der Waals surface area contributed by atoms with Crippen molar-refractivity contribution in [1.29, 1.82) is 0 Å². The molecule has 4 atom stereocenters. The van der Waals surface area contributed by atoms with Crippen LogP contribution in [-0.4, -0.2) is 117 Å². The van der Waals surface area contributed by atoms with Gasteiger partial charge in [0.1, 0.15) is 0 Å². The van der Waals surface area contributed by atoms with E-state index in [-0.39, 0.29) is 116 Å². The summed E-state index contributed by atoms with van der Waals surface area (Å²) in [6.07, 6.45) is 3.19. The van der Waals surface area contributed by atoms with Crippen molar-refractivity contribution in [2.24, 2.45) is 0 Å². The van der Waals surface area contributed by atoms with Gasteiger partial charge in [-0.3, -0.25) is 19.2 Å². The van der Waals surface area contributed by atoms with Crippen LogP contribution < -0.4 is 22.3 Å². The number of fused-ring (bicyclic) bond motifs is 9. The first-order valence-electron chi connectivity index (χ1n) is 25.9. The van der Waals surface area contributed by atoms with Crippen molar-refractivity contribution in [1.82, 2.24) is 39.9 Å². The topological polar surface area (TPSA) is 383 Å². The molecule has 4 unspecified atom stereocenters. The molecule has 0 aliphatic heterocycles. The van der Waals surface area contributed by atoms with Crippen LogP contribution >= 0.6 is 34.3 Å². The van der Waals surface area contributed by atoms with Crippen molar-refractivity contribution in [2.45, 2.75) is 33.1 Å². The van der Waals surface area contributed by atoms with Crippen LogP contribution in [0.15, 0.2) is 122 Å². The Labute approximate surface area is 589 Å². The van der Waals surface area contributed by atoms with E-state index in [1.807, 2.05) is 24.1 Å². The van der Waals surface area contributed by atoms with Crippen molar-refractivity contribution in [3.63, 3.8) is 0 Å². The number of benzene rings is 6. The molecule has 8 N–H and O–H groups in total. The molecule has 4 amide bonds. The van der Waals surface area contributed by atoms with Crippen molar-refractivity contribution in [3.8, 4) is 67.3 Å². The Morgan fingerprint density at radius 2 is 0.785 bits per heavy atom. The predicted molar refractivity (Wildman–Crippen MR) is 352 cm³/mol. The molecule has 472 valence electrons. The normalized spacial score (nSPS) is 11.0. The van der Waals surface area contributed by atoms with Gasteiger partial charge >= 0.3 is 74.2 Å². The minimum Gasteiger partial charge on any atom is -0.632 e. The fraction of sp³-hybridized carbons (Fsp3) is 0.148. The molecule has 10 aromatic rings. The third kappa shape index (κ3) is 22.6. The number of imidazole rings is 4. The van der Waals surface area contributed by atoms with Crippen LogP contribution in [0.25, 0.3) is 112 Å². The van der Waals surface area contributed by atoms with Gasteiger partial charge in [0.25, 0.3) is 0 Å². The number of aryl methyl sites for hydroxylation is 4. The summed E-state index contributed by atoms with van der Waals surface area (Å²) in [4.78, 5) is 110. The van der Waals surface area contributed by atoms with Crippen LogP contribution in [0.2, 0.25) is 0 Å². The maximum absolute atomic E-state index is 10.8. The van der Waals surface area contributed by atoms with Crippen molar-refractivity contribution in [2.75, 3.05) is 28.4 Å². The van der Waals surface area contributed by atoms with Crippen molar-refractivity contribution in [3.05, 3.63) is 167 Å². The Kier molecular flexibility index (Phi) is 35.6. The van der Waals surface area contributed by atoms with Crippen molar-refractivity contribution < 1.29 is 132 Å². The third-order valence-electron chi connectivity index (χ3n) is 13.2. The summed E-state index contributed by atoms with van der Waals surface area (Å²) < 4.78 is 15.1. The van der Waals surface area contributed by atoms with E-state index in [0.29, 0.717) is 22.3 Å². The van der Waals surface area contributed by atoms with Crippen LogP contribution in [0.1, 0.15) is 29.9 Å². The van der Waals surface area contributed by atoms with Gasteiger partial charge in [-0.1, -0.05) is 98.4 Å². The molecule has 0 spiro atoms. The van der Waals surface area contributed by atoms with Crippen LogP contribution in [0, 0.1) is 0 Å². The summed E-state index contributed by atoms with van der Waals surface area (Å²) in [7, 11) is 4.36. The molecule has 2 aliphatic carbocycles. The van der Waals surface area contributed by atoms with E-state index in [9.17, 15) is 38.4 Å². The van der Waals surface area contributed by atoms with Gasteiger partial charge in [-0.25, -0.2) is 44.0 Å². The van der Waals surface area contributed by atoms with E-state index >= 15 is 0 Å². The molecule has 0 saturated carbocycles. The summed E-state index contributed by atoms with van der Waals surface area (Å²) in [5.74, 6) is 0. The maximum atomic E-state index is 10.8. The molecule has 12 rings (SSSR count). The number of nitrogens with one attached hydrogen (secondary N) is 8. The van der Waals surface area contributed by atoms with Crippen LogP contribution in [-0.2, 0) is 138 Å². The number of aromatic amines is 4. The first kappa shape index (κ1) is 81.6. The summed E-state index contributed by atoms with van der Waals surface area (Å²) in [6.45, 7) is 0. The minimum atomic E-state index is -0.995. The number of methoxy groups -OCH3 is 4. The molecular formula is C61H56N12O12P4V4. The molecule has 4 radical (unpaired) electrons. The maximum Gasteiger partial charge on any atom is 2.00 e. The van der Waals surface area contributed by atoms with Crippen LogP contribution in [0.4, 0.5) is 19.2 Å². The zero-order chi connectivity index (χ0) is 63.3. The Hall–Kier alpha value is -7.50. The van der Waals surface area contributed by atoms with E-state index in [1.165, 1.54) is 32.7 Å². The first-order chi connectivity index (χ1) is 42.5. The number of carbonyl (C=O) groups is 4. The third-order valence-corrected chi connectivity index (χ3v) is 15.5. The zero-order valence-corrected chi connectivity index (χ0v) is 58.4. The number of rotatable bonds is 12. The molecule has 4 aromatic heterocycles. The van der Waals surface area contributed by atoms with E-state index in [0.717, 1.165) is 133 Å². The molecule has 0 bridgehead atoms. The SMILES string of the molecule is C.COC([NH-])=O.COC([NH-])=O.COC([NH-])=O.COC([NH-])=O.O=[C-]Pc1ncc(-c2ccc(-c3ccc4c5c(ccc4c3)-c3nc(P[C-]=O)[nH]c3CC5)cc2)[nH]1.O=[C-]Pc1ncc(-c2ccc(-c3ccc4cc5c(cc4c3)CCc3[nH]c(P[C-]=O)nc3-5)cc2)[nH]1.[V+2].[V+2].[V+2].[V+2]. The number of H-pyrrole nitrogens is 4. The summed E-state index contributed by atoms with van der Waals surface area (Å²) in [5.41, 5.74) is 44.0. The van der Waals surface area contributed by atoms with Gasteiger partial charge in [0, 0.05) is 22.5 Å². The van der Waals surface area contributed by atoms with Gasteiger partial charge in [0.05, 0.1) is 85.9 Å². The molecule has 93 heavy (non-hydrogen) atoms. The second kappa shape index (κ2) is 40.6. The standard InChI is InChI=1S/2C26H18N4O2P2.4C2H5NO2.CH4.4V/c31-13-33-25-27-12-23(29-25)16-3-1-15(2-4-16)17-5-7-19-18(11-17)6-8-21-20(19)9-10-22-24(21)30-26(28-22)34-14-32;31-13-33-25-27-12-23(29-25)16-3-1-15(2-4-16)17-5-6-18-11-21-19(10-20(18)9-17)7-8-22-24(21)30-26(28-22)34-14-32;4*1-5-2(3)4;;;;;/h1-8,11-12,33-34H,9-10H2,(H,27,29)(H,28,30);1-6,9-12,33-34H,7-8H2,(H,27,29)(H,28,30);4*1H3,(H2,3,4);1H4;;;;/q2*-2;;;;;;4*+2/p-4. The number of hydrogen-bond donors (Lipinski definition) is 4. The van der Waals surface area contributed by atoms with Gasteiger partial charge in [0.15, 0.2) is 0 Å². The smallest absolute Gasteiger partial charge is 0.632 e. The molecular weight excluding hydrogens is 1420 g/mol. The summed E-state index contributed by atoms with van der Waals surface area (Å²) in [6, 6.07) is 46.2. The van der Waals surface area contributed by atoms with Gasteiger partial charge in [-0.05, 0) is 110 Å². The number of ether oxygens (including phenoxy) is 4. The zero-order valence-electron chi connectivity index (χ0n) is 48.9. The van der Waals surface area contributed by atoms with E-state index < -0.39 is 24.4 Å². The summed E-state index contributed by atoms with van der Waals surface area (Å²) in [5, 5.41) is 4.81. The number of carbonyl (C=O) groups excluding carboxylic acids is 8. The molecule has 24 nitrogen and oxygen atoms in total. The van der Waals surface area contributed by atoms with Gasteiger partial charge in [0.2, 0.25) is 24.4 Å². The van der Waals surface area contributed by atoms with Gasteiger partial charge in [-0.2, -0.15) is 34.3 Å². The first-order valence-corrected chi connectivity index (χ1v) is 29.9. The number of aromatic nitrogens is 8. The molecule has 32 heteroatoms. The monoisotopic (exact) mass is 1480 g/mol. The van der Waals surface area contributed by atoms with Gasteiger partial charge in [-0.15, -0.1) is 0 Å². The fourth-order valence-electron chi connectivity index (χ4n) is 9.21. The quantitative estimate of drug-likeness (QED) is 0.0501. The molecule has 4 heterocycles. The Morgan fingerprint density at radius 1 is 0.419 bits per heavy atom. The Balaban J connectivity index is 0.000000471. The van der Waals surface area contributed by atoms with Crippen molar-refractivity contribution >= 4 is 127 Å². The van der Waals surface area contributed by atoms with Gasteiger partial charge < -0.3 is 81.0 Å².